The first-order valence-corrected chi connectivity index (χ1v) is 10.8. The third kappa shape index (κ3) is 5.87. The Kier molecular flexibility index (Phi) is 6.77. The molecule has 1 aromatic heterocycles. The monoisotopic (exact) mass is 466 g/mol. The number of nitrogens with one attached hydrogen (secondary N) is 1. The number of carbonyl (C=O) groups is 1. The molecule has 1 N–H and O–H groups in total. The number of amides is 2. The van der Waals surface area contributed by atoms with Crippen molar-refractivity contribution in [3.63, 3.8) is 0 Å². The average Bonchev–Trinajstić information content (AvgIpc) is 3.17. The quantitative estimate of drug-likeness (QED) is 0.577. The molecule has 1 aliphatic heterocycles. The molecule has 2 aromatic carbocycles. The SMILES string of the molecule is O=C(Nc1ccccc1)N(CCN1CCOCC1)c1nc2ccc(OC(F)(F)F)cc2s1. The second-order valence-corrected chi connectivity index (χ2v) is 8.08. The Morgan fingerprint density at radius 1 is 1.19 bits per heavy atom. The maximum absolute atomic E-state index is 13.1. The summed E-state index contributed by atoms with van der Waals surface area (Å²) in [7, 11) is 0. The van der Waals surface area contributed by atoms with E-state index in [0.717, 1.165) is 24.4 Å². The second-order valence-electron chi connectivity index (χ2n) is 7.08. The minimum absolute atomic E-state index is 0.325. The summed E-state index contributed by atoms with van der Waals surface area (Å²) in [5.74, 6) is -0.325. The lowest BCUT2D eigenvalue weighted by Gasteiger charge is -2.29. The molecule has 2 heterocycles. The predicted octanol–water partition coefficient (Wildman–Crippen LogP) is 4.57. The van der Waals surface area contributed by atoms with Crippen LogP contribution in [0.2, 0.25) is 0 Å². The molecular weight excluding hydrogens is 445 g/mol. The van der Waals surface area contributed by atoms with E-state index in [2.05, 4.69) is 19.9 Å². The number of rotatable bonds is 6. The Balaban J connectivity index is 1.57. The van der Waals surface area contributed by atoms with Crippen LogP contribution in [0.3, 0.4) is 0 Å². The van der Waals surface area contributed by atoms with Gasteiger partial charge in [-0.25, -0.2) is 9.78 Å². The van der Waals surface area contributed by atoms with Crippen molar-refractivity contribution >= 4 is 38.4 Å². The van der Waals surface area contributed by atoms with Crippen molar-refractivity contribution in [3.8, 4) is 5.75 Å². The first kappa shape index (κ1) is 22.3. The predicted molar refractivity (Wildman–Crippen MR) is 116 cm³/mol. The zero-order valence-electron chi connectivity index (χ0n) is 17.0. The first-order chi connectivity index (χ1) is 15.4. The number of aromatic nitrogens is 1. The molecule has 170 valence electrons. The van der Waals surface area contributed by atoms with E-state index in [-0.39, 0.29) is 11.8 Å². The standard InChI is InChI=1S/C21H21F3N4O3S/c22-21(23,24)31-16-6-7-17-18(14-16)32-20(26-17)28(9-8-27-10-12-30-13-11-27)19(29)25-15-4-2-1-3-5-15/h1-7,14H,8-13H2,(H,25,29). The van der Waals surface area contributed by atoms with Crippen LogP contribution in [-0.2, 0) is 4.74 Å². The molecule has 1 aliphatic rings. The Hall–Kier alpha value is -2.89. The number of ether oxygens (including phenoxy) is 2. The van der Waals surface area contributed by atoms with Gasteiger partial charge in [-0.3, -0.25) is 9.80 Å². The zero-order valence-corrected chi connectivity index (χ0v) is 17.8. The Morgan fingerprint density at radius 2 is 1.94 bits per heavy atom. The first-order valence-electron chi connectivity index (χ1n) is 9.97. The van der Waals surface area contributed by atoms with Gasteiger partial charge in [0.15, 0.2) is 5.13 Å². The van der Waals surface area contributed by atoms with E-state index in [1.165, 1.54) is 23.1 Å². The summed E-state index contributed by atoms with van der Waals surface area (Å²) < 4.78 is 47.5. The van der Waals surface area contributed by atoms with Gasteiger partial charge in [0.1, 0.15) is 5.75 Å². The number of fused-ring (bicyclic) bond motifs is 1. The largest absolute Gasteiger partial charge is 0.573 e. The number of benzene rings is 2. The number of halogens is 3. The van der Waals surface area contributed by atoms with Crippen molar-refractivity contribution in [2.75, 3.05) is 49.6 Å². The summed E-state index contributed by atoms with van der Waals surface area (Å²) >= 11 is 1.13. The lowest BCUT2D eigenvalue weighted by atomic mass is 10.3. The van der Waals surface area contributed by atoms with Crippen LogP contribution in [0.25, 0.3) is 10.2 Å². The van der Waals surface area contributed by atoms with Gasteiger partial charge in [-0.1, -0.05) is 29.5 Å². The van der Waals surface area contributed by atoms with Crippen LogP contribution in [0, 0.1) is 0 Å². The molecule has 0 atom stereocenters. The molecule has 0 aliphatic carbocycles. The van der Waals surface area contributed by atoms with Crippen molar-refractivity contribution < 1.29 is 27.4 Å². The molecule has 2 amide bonds. The molecule has 0 bridgehead atoms. The third-order valence-corrected chi connectivity index (χ3v) is 5.87. The van der Waals surface area contributed by atoms with Gasteiger partial charge in [0.2, 0.25) is 0 Å². The number of thiazole rings is 1. The fraction of sp³-hybridized carbons (Fsp3) is 0.333. The molecule has 0 saturated carbocycles. The smallest absolute Gasteiger partial charge is 0.406 e. The molecule has 11 heteroatoms. The average molecular weight is 466 g/mol. The fourth-order valence-corrected chi connectivity index (χ4v) is 4.29. The molecule has 32 heavy (non-hydrogen) atoms. The zero-order chi connectivity index (χ0) is 22.6. The number of hydrogen-bond donors (Lipinski definition) is 1. The summed E-state index contributed by atoms with van der Waals surface area (Å²) in [4.78, 5) is 21.3. The molecule has 0 unspecified atom stereocenters. The van der Waals surface area contributed by atoms with Gasteiger partial charge in [0, 0.05) is 37.9 Å². The topological polar surface area (TPSA) is 66.9 Å². The highest BCUT2D eigenvalue weighted by molar-refractivity contribution is 7.22. The van der Waals surface area contributed by atoms with Crippen LogP contribution in [0.15, 0.2) is 48.5 Å². The van der Waals surface area contributed by atoms with E-state index in [1.54, 1.807) is 12.1 Å². The summed E-state index contributed by atoms with van der Waals surface area (Å²) in [6, 6.07) is 12.6. The molecule has 0 spiro atoms. The number of hydrogen-bond acceptors (Lipinski definition) is 6. The van der Waals surface area contributed by atoms with E-state index in [9.17, 15) is 18.0 Å². The third-order valence-electron chi connectivity index (χ3n) is 4.83. The van der Waals surface area contributed by atoms with E-state index >= 15 is 0 Å². The van der Waals surface area contributed by atoms with Crippen LogP contribution in [0.5, 0.6) is 5.75 Å². The van der Waals surface area contributed by atoms with E-state index < -0.39 is 6.36 Å². The Labute approximate surface area is 186 Å². The summed E-state index contributed by atoms with van der Waals surface area (Å²) in [5.41, 5.74) is 1.12. The Morgan fingerprint density at radius 3 is 2.66 bits per heavy atom. The van der Waals surface area contributed by atoms with E-state index in [4.69, 9.17) is 4.74 Å². The molecule has 3 aromatic rings. The number of urea groups is 1. The lowest BCUT2D eigenvalue weighted by molar-refractivity contribution is -0.274. The van der Waals surface area contributed by atoms with Crippen LogP contribution in [-0.4, -0.2) is 61.7 Å². The van der Waals surface area contributed by atoms with Crippen molar-refractivity contribution in [2.45, 2.75) is 6.36 Å². The molecule has 1 fully saturated rings. The maximum atomic E-state index is 13.1. The highest BCUT2D eigenvalue weighted by atomic mass is 32.1. The minimum Gasteiger partial charge on any atom is -0.406 e. The van der Waals surface area contributed by atoms with Crippen molar-refractivity contribution in [2.24, 2.45) is 0 Å². The van der Waals surface area contributed by atoms with Crippen molar-refractivity contribution in [3.05, 3.63) is 48.5 Å². The lowest BCUT2D eigenvalue weighted by Crippen LogP contribution is -2.44. The van der Waals surface area contributed by atoms with Gasteiger partial charge in [-0.15, -0.1) is 13.2 Å². The molecule has 4 rings (SSSR count). The second kappa shape index (κ2) is 9.72. The van der Waals surface area contributed by atoms with Gasteiger partial charge in [-0.2, -0.15) is 0 Å². The molecule has 7 nitrogen and oxygen atoms in total. The van der Waals surface area contributed by atoms with Crippen LogP contribution < -0.4 is 15.0 Å². The van der Waals surface area contributed by atoms with Gasteiger partial charge in [0.05, 0.1) is 23.4 Å². The van der Waals surface area contributed by atoms with Gasteiger partial charge >= 0.3 is 12.4 Å². The molecule has 0 radical (unpaired) electrons. The number of morpholine rings is 1. The highest BCUT2D eigenvalue weighted by Gasteiger charge is 2.31. The van der Waals surface area contributed by atoms with Gasteiger partial charge < -0.3 is 14.8 Å². The normalized spacial score (nSPS) is 15.0. The maximum Gasteiger partial charge on any atom is 0.573 e. The van der Waals surface area contributed by atoms with Crippen LogP contribution in [0.4, 0.5) is 28.8 Å². The molecular formula is C21H21F3N4O3S. The summed E-state index contributed by atoms with van der Waals surface area (Å²) in [5, 5.41) is 3.25. The number of carbonyl (C=O) groups excluding carboxylic acids is 1. The van der Waals surface area contributed by atoms with Gasteiger partial charge in [0.25, 0.3) is 0 Å². The number of nitrogens with zero attached hydrogens (tertiary/aromatic N) is 3. The van der Waals surface area contributed by atoms with E-state index in [1.807, 2.05) is 18.2 Å². The number of alkyl halides is 3. The van der Waals surface area contributed by atoms with E-state index in [0.29, 0.717) is 47.3 Å². The Bertz CT molecular complexity index is 1060. The number of anilines is 2. The summed E-state index contributed by atoms with van der Waals surface area (Å²) in [6.45, 7) is 3.80. The minimum atomic E-state index is -4.78. The fourth-order valence-electron chi connectivity index (χ4n) is 3.27. The number of para-hydroxylation sites is 1. The van der Waals surface area contributed by atoms with Crippen molar-refractivity contribution in [1.82, 2.24) is 9.88 Å². The van der Waals surface area contributed by atoms with Gasteiger partial charge in [-0.05, 0) is 24.3 Å². The highest BCUT2D eigenvalue weighted by Crippen LogP contribution is 2.33. The summed E-state index contributed by atoms with van der Waals surface area (Å²) in [6.07, 6.45) is -4.78. The molecule has 1 saturated heterocycles. The van der Waals surface area contributed by atoms with Crippen LogP contribution in [0.1, 0.15) is 0 Å². The van der Waals surface area contributed by atoms with Crippen molar-refractivity contribution in [1.29, 1.82) is 0 Å². The van der Waals surface area contributed by atoms with Crippen LogP contribution >= 0.6 is 11.3 Å².